The number of amides is 2. The molecule has 2 aliphatic rings. The number of likely N-dealkylation sites (tertiary alicyclic amines) is 1. The Hall–Kier alpha value is -2.88. The van der Waals surface area contributed by atoms with Crippen LogP contribution in [0.3, 0.4) is 0 Å². The quantitative estimate of drug-likeness (QED) is 0.712. The maximum absolute atomic E-state index is 14.7. The van der Waals surface area contributed by atoms with Crippen LogP contribution in [0.1, 0.15) is 50.3 Å². The van der Waals surface area contributed by atoms with Crippen molar-refractivity contribution in [2.45, 2.75) is 58.9 Å². The summed E-state index contributed by atoms with van der Waals surface area (Å²) in [4.78, 5) is 34.6. The van der Waals surface area contributed by atoms with Crippen molar-refractivity contribution >= 4 is 11.8 Å². The van der Waals surface area contributed by atoms with Gasteiger partial charge in [0.15, 0.2) is 5.69 Å². The molecule has 35 heavy (non-hydrogen) atoms. The fourth-order valence-electron chi connectivity index (χ4n) is 4.71. The second kappa shape index (κ2) is 8.96. The SMILES string of the molecule is CN1CCCn2c(-c3cc(F)ccc3F)nc(C(=O)N[C@H](C(=O)N3CC(C)(F)C3)C(C)(C)C)c2C1. The van der Waals surface area contributed by atoms with Gasteiger partial charge in [0.25, 0.3) is 5.91 Å². The number of alkyl halides is 1. The van der Waals surface area contributed by atoms with Gasteiger partial charge in [-0.05, 0) is 50.6 Å². The van der Waals surface area contributed by atoms with Crippen molar-refractivity contribution in [2.24, 2.45) is 5.41 Å². The first-order chi connectivity index (χ1) is 16.3. The van der Waals surface area contributed by atoms with Crippen molar-refractivity contribution in [1.82, 2.24) is 24.7 Å². The van der Waals surface area contributed by atoms with Crippen molar-refractivity contribution in [1.29, 1.82) is 0 Å². The van der Waals surface area contributed by atoms with Crippen LogP contribution in [0.2, 0.25) is 0 Å². The molecule has 0 aliphatic carbocycles. The van der Waals surface area contributed by atoms with Gasteiger partial charge >= 0.3 is 0 Å². The second-order valence-corrected chi connectivity index (χ2v) is 11.0. The molecule has 1 aromatic carbocycles. The molecule has 1 saturated heterocycles. The molecule has 3 heterocycles. The van der Waals surface area contributed by atoms with Gasteiger partial charge in [-0.1, -0.05) is 20.8 Å². The van der Waals surface area contributed by atoms with E-state index in [4.69, 9.17) is 0 Å². The number of fused-ring (bicyclic) bond motifs is 1. The normalized spacial score (nSPS) is 18.9. The van der Waals surface area contributed by atoms with E-state index in [1.807, 2.05) is 32.7 Å². The van der Waals surface area contributed by atoms with Crippen LogP contribution < -0.4 is 5.32 Å². The van der Waals surface area contributed by atoms with Gasteiger partial charge in [-0.3, -0.25) is 9.59 Å². The Morgan fingerprint density at radius 2 is 1.86 bits per heavy atom. The Morgan fingerprint density at radius 3 is 2.49 bits per heavy atom. The van der Waals surface area contributed by atoms with E-state index in [2.05, 4.69) is 10.3 Å². The monoisotopic (exact) mass is 491 g/mol. The molecule has 0 radical (unpaired) electrons. The van der Waals surface area contributed by atoms with Crippen LogP contribution in [0.25, 0.3) is 11.4 Å². The maximum atomic E-state index is 14.7. The highest BCUT2D eigenvalue weighted by atomic mass is 19.1. The summed E-state index contributed by atoms with van der Waals surface area (Å²) in [5, 5.41) is 2.81. The number of carbonyl (C=O) groups excluding carboxylic acids is 2. The van der Waals surface area contributed by atoms with E-state index in [-0.39, 0.29) is 36.1 Å². The molecule has 0 saturated carbocycles. The maximum Gasteiger partial charge on any atom is 0.272 e. The third kappa shape index (κ3) is 5.07. The van der Waals surface area contributed by atoms with Crippen LogP contribution in [0.4, 0.5) is 13.2 Å². The zero-order valence-electron chi connectivity index (χ0n) is 20.8. The second-order valence-electron chi connectivity index (χ2n) is 11.0. The molecule has 10 heteroatoms. The molecule has 1 N–H and O–H groups in total. The van der Waals surface area contributed by atoms with E-state index in [9.17, 15) is 22.8 Å². The van der Waals surface area contributed by atoms with E-state index in [1.54, 1.807) is 4.57 Å². The van der Waals surface area contributed by atoms with Crippen LogP contribution in [0.5, 0.6) is 0 Å². The number of hydrogen-bond donors (Lipinski definition) is 1. The molecule has 1 atom stereocenters. The molecule has 2 amide bonds. The topological polar surface area (TPSA) is 70.5 Å². The molecule has 190 valence electrons. The standard InChI is InChI=1S/C25H32F3N5O2/c1-24(2,3)20(23(35)32-13-25(4,28)14-32)30-22(34)19-18-12-31(5)9-6-10-33(18)21(29-19)16-11-15(26)7-8-17(16)27/h7-8,11,20H,6,9-10,12-14H2,1-5H3,(H,30,34)/t20-/m1/s1. The first-order valence-electron chi connectivity index (χ1n) is 11.8. The lowest BCUT2D eigenvalue weighted by Gasteiger charge is -2.45. The highest BCUT2D eigenvalue weighted by Crippen LogP contribution is 2.31. The zero-order valence-corrected chi connectivity index (χ0v) is 20.8. The molecule has 7 nitrogen and oxygen atoms in total. The number of benzene rings is 1. The molecule has 0 unspecified atom stereocenters. The van der Waals surface area contributed by atoms with Gasteiger partial charge in [-0.15, -0.1) is 0 Å². The van der Waals surface area contributed by atoms with Crippen LogP contribution in [-0.2, 0) is 17.9 Å². The lowest BCUT2D eigenvalue weighted by molar-refractivity contribution is -0.148. The van der Waals surface area contributed by atoms with E-state index in [0.29, 0.717) is 18.8 Å². The molecular formula is C25H32F3N5O2. The van der Waals surface area contributed by atoms with Crippen LogP contribution in [-0.4, -0.2) is 69.6 Å². The Kier molecular flexibility index (Phi) is 6.46. The summed E-state index contributed by atoms with van der Waals surface area (Å²) >= 11 is 0. The third-order valence-electron chi connectivity index (χ3n) is 6.54. The van der Waals surface area contributed by atoms with Crippen molar-refractivity contribution in [2.75, 3.05) is 26.7 Å². The fourth-order valence-corrected chi connectivity index (χ4v) is 4.71. The number of nitrogens with one attached hydrogen (secondary N) is 1. The molecule has 0 bridgehead atoms. The molecular weight excluding hydrogens is 459 g/mol. The lowest BCUT2D eigenvalue weighted by Crippen LogP contribution is -2.65. The van der Waals surface area contributed by atoms with Crippen molar-refractivity contribution in [3.05, 3.63) is 41.2 Å². The molecule has 0 spiro atoms. The molecule has 4 rings (SSSR count). The number of imidazole rings is 1. The van der Waals surface area contributed by atoms with Crippen molar-refractivity contribution in [3.63, 3.8) is 0 Å². The van der Waals surface area contributed by atoms with E-state index < -0.39 is 34.7 Å². The van der Waals surface area contributed by atoms with Gasteiger partial charge in [-0.2, -0.15) is 0 Å². The first-order valence-corrected chi connectivity index (χ1v) is 11.8. The molecule has 1 aromatic heterocycles. The average molecular weight is 492 g/mol. The third-order valence-corrected chi connectivity index (χ3v) is 6.54. The summed E-state index contributed by atoms with van der Waals surface area (Å²) in [5.41, 5.74) is -1.47. The lowest BCUT2D eigenvalue weighted by atomic mass is 9.84. The van der Waals surface area contributed by atoms with Gasteiger partial charge in [-0.25, -0.2) is 18.2 Å². The highest BCUT2D eigenvalue weighted by Gasteiger charge is 2.46. The van der Waals surface area contributed by atoms with E-state index in [0.717, 1.165) is 31.2 Å². The van der Waals surface area contributed by atoms with Gasteiger partial charge < -0.3 is 19.7 Å². The summed E-state index contributed by atoms with van der Waals surface area (Å²) in [6.45, 7) is 8.46. The largest absolute Gasteiger partial charge is 0.338 e. The van der Waals surface area contributed by atoms with Gasteiger partial charge in [0.1, 0.15) is 29.2 Å². The summed E-state index contributed by atoms with van der Waals surface area (Å²) in [6, 6.07) is 2.22. The summed E-state index contributed by atoms with van der Waals surface area (Å²) in [7, 11) is 1.91. The predicted octanol–water partition coefficient (Wildman–Crippen LogP) is 3.38. The minimum absolute atomic E-state index is 0.0258. The predicted molar refractivity (Wildman–Crippen MR) is 125 cm³/mol. The van der Waals surface area contributed by atoms with Gasteiger partial charge in [0.05, 0.1) is 24.3 Å². The average Bonchev–Trinajstić information content (AvgIpc) is 2.96. The first kappa shape index (κ1) is 25.2. The zero-order chi connectivity index (χ0) is 25.7. The Balaban J connectivity index is 1.71. The van der Waals surface area contributed by atoms with Crippen molar-refractivity contribution < 1.29 is 22.8 Å². The number of rotatable bonds is 4. The van der Waals surface area contributed by atoms with Crippen LogP contribution in [0, 0.1) is 17.0 Å². The van der Waals surface area contributed by atoms with Crippen LogP contribution >= 0.6 is 0 Å². The number of aromatic nitrogens is 2. The van der Waals surface area contributed by atoms with Crippen LogP contribution in [0.15, 0.2) is 18.2 Å². The van der Waals surface area contributed by atoms with E-state index in [1.165, 1.54) is 11.8 Å². The molecule has 1 fully saturated rings. The summed E-state index contributed by atoms with van der Waals surface area (Å²) < 4.78 is 44.4. The van der Waals surface area contributed by atoms with E-state index >= 15 is 0 Å². The van der Waals surface area contributed by atoms with Gasteiger partial charge in [0, 0.05) is 13.1 Å². The number of nitrogens with zero attached hydrogens (tertiary/aromatic N) is 4. The Morgan fingerprint density at radius 1 is 1.17 bits per heavy atom. The minimum Gasteiger partial charge on any atom is -0.338 e. The smallest absolute Gasteiger partial charge is 0.272 e. The molecule has 2 aromatic rings. The molecule has 2 aliphatic heterocycles. The Labute approximate surface area is 203 Å². The highest BCUT2D eigenvalue weighted by molar-refractivity contribution is 5.98. The fraction of sp³-hybridized carbons (Fsp3) is 0.560. The number of hydrogen-bond acceptors (Lipinski definition) is 4. The summed E-state index contributed by atoms with van der Waals surface area (Å²) in [6.07, 6.45) is 0.741. The Bertz CT molecular complexity index is 1150. The number of halogens is 3. The van der Waals surface area contributed by atoms with Crippen molar-refractivity contribution in [3.8, 4) is 11.4 Å². The minimum atomic E-state index is -1.43. The number of carbonyl (C=O) groups is 2. The summed E-state index contributed by atoms with van der Waals surface area (Å²) in [5.74, 6) is -2.02. The van der Waals surface area contributed by atoms with Gasteiger partial charge in [0.2, 0.25) is 5.91 Å².